The summed E-state index contributed by atoms with van der Waals surface area (Å²) in [6.07, 6.45) is 13.4. The molecule has 2 fully saturated rings. The van der Waals surface area contributed by atoms with Gasteiger partial charge in [0.2, 0.25) is 0 Å². The summed E-state index contributed by atoms with van der Waals surface area (Å²) in [7, 11) is 0. The van der Waals surface area contributed by atoms with E-state index in [0.717, 1.165) is 23.1 Å². The molecule has 3 rings (SSSR count). The van der Waals surface area contributed by atoms with E-state index in [2.05, 4.69) is 47.9 Å². The molecular formula is C25H34NO+. The quantitative estimate of drug-likeness (QED) is 0.615. The van der Waals surface area contributed by atoms with Crippen LogP contribution in [0.5, 0.6) is 0 Å². The van der Waals surface area contributed by atoms with E-state index < -0.39 is 0 Å². The first-order valence-electron chi connectivity index (χ1n) is 10.8. The first-order valence-corrected chi connectivity index (χ1v) is 10.8. The second-order valence-electron chi connectivity index (χ2n) is 8.18. The van der Waals surface area contributed by atoms with Gasteiger partial charge in [-0.3, -0.25) is 4.48 Å². The Hall–Kier alpha value is -1.74. The molecule has 0 aromatic heterocycles. The number of aliphatic hydroxyl groups excluding tert-OH is 1. The molecule has 0 atom stereocenters. The maximum absolute atomic E-state index is 9.20. The average Bonchev–Trinajstić information content (AvgIpc) is 2.75. The Morgan fingerprint density at radius 1 is 0.741 bits per heavy atom. The van der Waals surface area contributed by atoms with Gasteiger partial charge in [-0.15, -0.1) is 0 Å². The van der Waals surface area contributed by atoms with Gasteiger partial charge in [-0.05, 0) is 75.3 Å². The van der Waals surface area contributed by atoms with E-state index in [4.69, 9.17) is 0 Å². The molecule has 0 heterocycles. The fraction of sp³-hybridized carbons (Fsp3) is 0.600. The normalized spacial score (nSPS) is 18.9. The van der Waals surface area contributed by atoms with Crippen LogP contribution in [-0.4, -0.2) is 41.4 Å². The Morgan fingerprint density at radius 2 is 1.30 bits per heavy atom. The summed E-state index contributed by atoms with van der Waals surface area (Å²) in [5, 5.41) is 9.20. The highest BCUT2D eigenvalue weighted by Crippen LogP contribution is 2.36. The van der Waals surface area contributed by atoms with Crippen molar-refractivity contribution in [3.8, 4) is 23.7 Å². The Balaban J connectivity index is 1.89. The fourth-order valence-electron chi connectivity index (χ4n) is 5.13. The van der Waals surface area contributed by atoms with E-state index in [9.17, 15) is 5.11 Å². The van der Waals surface area contributed by atoms with Gasteiger partial charge in [0, 0.05) is 5.56 Å². The molecule has 1 N–H and O–H groups in total. The van der Waals surface area contributed by atoms with Crippen molar-refractivity contribution in [1.82, 2.24) is 0 Å². The Kier molecular flexibility index (Phi) is 7.82. The predicted octanol–water partition coefficient (Wildman–Crippen LogP) is 4.52. The van der Waals surface area contributed by atoms with Crippen molar-refractivity contribution in [1.29, 1.82) is 0 Å². The van der Waals surface area contributed by atoms with Crippen molar-refractivity contribution in [3.63, 3.8) is 0 Å². The summed E-state index contributed by atoms with van der Waals surface area (Å²) in [6, 6.07) is 11.7. The zero-order chi connectivity index (χ0) is 18.8. The van der Waals surface area contributed by atoms with Crippen LogP contribution in [0.2, 0.25) is 0 Å². The third kappa shape index (κ3) is 5.38. The van der Waals surface area contributed by atoms with E-state index >= 15 is 0 Å². The van der Waals surface area contributed by atoms with E-state index in [1.54, 1.807) is 0 Å². The second kappa shape index (κ2) is 10.6. The fourth-order valence-corrected chi connectivity index (χ4v) is 5.13. The SMILES string of the molecule is OCC#CC[N+](CC#Cc1ccccc1)(C1CCCCC1)C1CCCCC1. The number of quaternary nitrogens is 1. The highest BCUT2D eigenvalue weighted by molar-refractivity contribution is 5.33. The number of hydrogen-bond acceptors (Lipinski definition) is 1. The lowest BCUT2D eigenvalue weighted by atomic mass is 9.85. The average molecular weight is 365 g/mol. The number of nitrogens with zero attached hydrogens (tertiary/aromatic N) is 1. The zero-order valence-electron chi connectivity index (χ0n) is 16.6. The summed E-state index contributed by atoms with van der Waals surface area (Å²) in [4.78, 5) is 0. The van der Waals surface area contributed by atoms with Crippen molar-refractivity contribution < 1.29 is 9.59 Å². The molecule has 2 aliphatic rings. The smallest absolute Gasteiger partial charge is 0.142 e. The summed E-state index contributed by atoms with van der Waals surface area (Å²) < 4.78 is 1.05. The van der Waals surface area contributed by atoms with Gasteiger partial charge in [0.25, 0.3) is 0 Å². The van der Waals surface area contributed by atoms with Crippen LogP contribution in [0.1, 0.15) is 69.8 Å². The first kappa shape index (κ1) is 20.0. The van der Waals surface area contributed by atoms with Crippen LogP contribution in [-0.2, 0) is 0 Å². The van der Waals surface area contributed by atoms with Crippen LogP contribution in [0.25, 0.3) is 0 Å². The molecule has 0 saturated heterocycles. The molecule has 0 unspecified atom stereocenters. The van der Waals surface area contributed by atoms with Crippen LogP contribution in [0, 0.1) is 23.7 Å². The number of benzene rings is 1. The van der Waals surface area contributed by atoms with Gasteiger partial charge < -0.3 is 5.11 Å². The molecule has 0 radical (unpaired) electrons. The molecule has 1 aromatic carbocycles. The third-order valence-electron chi connectivity index (χ3n) is 6.56. The lowest BCUT2D eigenvalue weighted by Crippen LogP contribution is -2.62. The Labute approximate surface area is 165 Å². The molecule has 2 saturated carbocycles. The maximum Gasteiger partial charge on any atom is 0.142 e. The first-order chi connectivity index (χ1) is 13.3. The molecule has 0 aliphatic heterocycles. The van der Waals surface area contributed by atoms with Gasteiger partial charge in [-0.25, -0.2) is 0 Å². The Morgan fingerprint density at radius 3 is 1.85 bits per heavy atom. The third-order valence-corrected chi connectivity index (χ3v) is 6.56. The summed E-state index contributed by atoms with van der Waals surface area (Å²) in [5.74, 6) is 13.2. The zero-order valence-corrected chi connectivity index (χ0v) is 16.6. The highest BCUT2D eigenvalue weighted by atomic mass is 16.2. The van der Waals surface area contributed by atoms with Gasteiger partial charge in [0.1, 0.15) is 19.7 Å². The van der Waals surface area contributed by atoms with Gasteiger partial charge in [0.05, 0.1) is 12.1 Å². The molecule has 1 aromatic rings. The van der Waals surface area contributed by atoms with E-state index in [1.807, 2.05) is 6.07 Å². The molecular weight excluding hydrogens is 330 g/mol. The highest BCUT2D eigenvalue weighted by Gasteiger charge is 2.43. The van der Waals surface area contributed by atoms with Crippen LogP contribution >= 0.6 is 0 Å². The summed E-state index contributed by atoms with van der Waals surface area (Å²) in [5.41, 5.74) is 1.10. The van der Waals surface area contributed by atoms with Crippen LogP contribution < -0.4 is 0 Å². The van der Waals surface area contributed by atoms with Crippen molar-refractivity contribution in [2.24, 2.45) is 0 Å². The van der Waals surface area contributed by atoms with Gasteiger partial charge >= 0.3 is 0 Å². The van der Waals surface area contributed by atoms with Gasteiger partial charge in [-0.2, -0.15) is 0 Å². The van der Waals surface area contributed by atoms with Crippen LogP contribution in [0.4, 0.5) is 0 Å². The van der Waals surface area contributed by atoms with Crippen molar-refractivity contribution in [3.05, 3.63) is 35.9 Å². The minimum atomic E-state index is -0.0367. The predicted molar refractivity (Wildman–Crippen MR) is 112 cm³/mol. The number of hydrogen-bond donors (Lipinski definition) is 1. The lowest BCUT2D eigenvalue weighted by Gasteiger charge is -2.50. The standard InChI is InChI=1S/C25H34NO/c27-22-11-10-20-26(24-16-6-2-7-17-24,25-18-8-3-9-19-25)21-12-15-23-13-4-1-5-14-23/h1,4-5,13-14,24-25,27H,2-3,6-9,16-22H2/q+1. The molecule has 2 aliphatic carbocycles. The monoisotopic (exact) mass is 364 g/mol. The minimum Gasteiger partial charge on any atom is -0.384 e. The van der Waals surface area contributed by atoms with Crippen LogP contribution in [0.3, 0.4) is 0 Å². The number of aliphatic hydroxyl groups is 1. The summed E-state index contributed by atoms with van der Waals surface area (Å²) >= 11 is 0. The maximum atomic E-state index is 9.20. The second-order valence-corrected chi connectivity index (χ2v) is 8.18. The van der Waals surface area contributed by atoms with Gasteiger partial charge in [0.15, 0.2) is 0 Å². The summed E-state index contributed by atoms with van der Waals surface area (Å²) in [6.45, 7) is 1.70. The topological polar surface area (TPSA) is 20.2 Å². The number of rotatable bonds is 4. The van der Waals surface area contributed by atoms with Crippen molar-refractivity contribution >= 4 is 0 Å². The largest absolute Gasteiger partial charge is 0.384 e. The van der Waals surface area contributed by atoms with E-state index in [-0.39, 0.29) is 6.61 Å². The molecule has 0 bridgehead atoms. The van der Waals surface area contributed by atoms with Gasteiger partial charge in [-0.1, -0.05) is 42.9 Å². The molecule has 27 heavy (non-hydrogen) atoms. The molecule has 0 spiro atoms. The van der Waals surface area contributed by atoms with E-state index in [0.29, 0.717) is 12.1 Å². The molecule has 0 amide bonds. The molecule has 2 nitrogen and oxygen atoms in total. The lowest BCUT2D eigenvalue weighted by molar-refractivity contribution is -0.963. The molecule has 144 valence electrons. The minimum absolute atomic E-state index is 0.0367. The van der Waals surface area contributed by atoms with Crippen molar-refractivity contribution in [2.45, 2.75) is 76.3 Å². The molecule has 2 heteroatoms. The van der Waals surface area contributed by atoms with Crippen molar-refractivity contribution in [2.75, 3.05) is 19.7 Å². The van der Waals surface area contributed by atoms with Crippen LogP contribution in [0.15, 0.2) is 30.3 Å². The Bertz CT molecular complexity index is 658. The van der Waals surface area contributed by atoms with E-state index in [1.165, 1.54) is 64.2 Å².